The Balaban J connectivity index is 1.43. The lowest BCUT2D eigenvalue weighted by atomic mass is 9.97. The molecule has 0 spiro atoms. The average molecular weight is 380 g/mol. The van der Waals surface area contributed by atoms with Crippen LogP contribution in [0.2, 0.25) is 0 Å². The molecule has 0 saturated carbocycles. The first-order valence-electron chi connectivity index (χ1n) is 9.37. The van der Waals surface area contributed by atoms with E-state index >= 15 is 0 Å². The number of benzene rings is 1. The molecular weight excluding hydrogens is 350 g/mol. The van der Waals surface area contributed by atoms with Crippen molar-refractivity contribution in [2.45, 2.75) is 26.2 Å². The zero-order valence-corrected chi connectivity index (χ0v) is 16.5. The molecule has 2 heterocycles. The summed E-state index contributed by atoms with van der Waals surface area (Å²) in [6, 6.07) is 8.54. The van der Waals surface area contributed by atoms with Crippen molar-refractivity contribution in [1.82, 2.24) is 9.62 Å². The van der Waals surface area contributed by atoms with Crippen molar-refractivity contribution in [3.8, 4) is 0 Å². The van der Waals surface area contributed by atoms with Crippen molar-refractivity contribution in [3.63, 3.8) is 0 Å². The number of carbonyl (C=O) groups is 1. The van der Waals surface area contributed by atoms with Crippen molar-refractivity contribution in [1.29, 1.82) is 0 Å². The molecule has 0 aliphatic carbocycles. The van der Waals surface area contributed by atoms with Crippen LogP contribution < -0.4 is 10.2 Å². The van der Waals surface area contributed by atoms with Gasteiger partial charge in [0.05, 0.1) is 6.26 Å². The molecule has 2 aliphatic heterocycles. The van der Waals surface area contributed by atoms with E-state index < -0.39 is 10.0 Å². The number of hydrogen-bond acceptors (Lipinski definition) is 4. The first-order chi connectivity index (χ1) is 12.3. The Morgan fingerprint density at radius 1 is 1.19 bits per heavy atom. The summed E-state index contributed by atoms with van der Waals surface area (Å²) >= 11 is 0. The third kappa shape index (κ3) is 4.76. The van der Waals surface area contributed by atoms with Gasteiger partial charge in [-0.15, -0.1) is 0 Å². The Hall–Kier alpha value is -1.60. The molecule has 0 radical (unpaired) electrons. The van der Waals surface area contributed by atoms with Crippen molar-refractivity contribution < 1.29 is 13.2 Å². The Bertz CT molecular complexity index is 742. The molecule has 1 aromatic rings. The molecule has 0 aromatic heterocycles. The molecule has 0 bridgehead atoms. The van der Waals surface area contributed by atoms with Crippen LogP contribution in [-0.2, 0) is 14.8 Å². The minimum absolute atomic E-state index is 0.0673. The summed E-state index contributed by atoms with van der Waals surface area (Å²) < 4.78 is 24.6. The minimum atomic E-state index is -3.14. The zero-order chi connectivity index (χ0) is 18.7. The van der Waals surface area contributed by atoms with Crippen LogP contribution in [-0.4, -0.2) is 57.6 Å². The molecule has 2 aliphatic rings. The third-order valence-corrected chi connectivity index (χ3v) is 6.81. The number of aryl methyl sites for hydroxylation is 1. The van der Waals surface area contributed by atoms with Crippen molar-refractivity contribution in [2.75, 3.05) is 43.9 Å². The van der Waals surface area contributed by atoms with E-state index in [1.165, 1.54) is 21.8 Å². The topological polar surface area (TPSA) is 69.7 Å². The Labute approximate surface area is 156 Å². The number of nitrogens with zero attached hydrogens (tertiary/aromatic N) is 2. The molecule has 7 heteroatoms. The van der Waals surface area contributed by atoms with Gasteiger partial charge in [0.25, 0.3) is 0 Å². The maximum absolute atomic E-state index is 12.4. The SMILES string of the molecule is Cc1cccc(N2CCC(CNC(=O)C3CCN(S(C)(=O)=O)CC3)C2)c1. The molecular formula is C19H29N3O3S. The minimum Gasteiger partial charge on any atom is -0.371 e. The highest BCUT2D eigenvalue weighted by Gasteiger charge is 2.30. The normalized spacial score (nSPS) is 22.5. The van der Waals surface area contributed by atoms with Gasteiger partial charge in [0.15, 0.2) is 0 Å². The van der Waals surface area contributed by atoms with Gasteiger partial charge in [-0.05, 0) is 49.8 Å². The molecule has 1 amide bonds. The van der Waals surface area contributed by atoms with E-state index in [0.717, 1.165) is 19.5 Å². The summed E-state index contributed by atoms with van der Waals surface area (Å²) in [5.74, 6) is 0.477. The number of anilines is 1. The van der Waals surface area contributed by atoms with Crippen molar-refractivity contribution in [3.05, 3.63) is 29.8 Å². The predicted molar refractivity (Wildman–Crippen MR) is 104 cm³/mol. The van der Waals surface area contributed by atoms with Crippen LogP contribution in [0.25, 0.3) is 0 Å². The Morgan fingerprint density at radius 3 is 2.58 bits per heavy atom. The van der Waals surface area contributed by atoms with Crippen molar-refractivity contribution >= 4 is 21.6 Å². The molecule has 6 nitrogen and oxygen atoms in total. The molecule has 1 unspecified atom stereocenters. The Morgan fingerprint density at radius 2 is 1.92 bits per heavy atom. The third-order valence-electron chi connectivity index (χ3n) is 5.51. The molecule has 1 aromatic carbocycles. The largest absolute Gasteiger partial charge is 0.371 e. The summed E-state index contributed by atoms with van der Waals surface area (Å²) in [5, 5.41) is 3.10. The predicted octanol–water partition coefficient (Wildman–Crippen LogP) is 1.61. The fraction of sp³-hybridized carbons (Fsp3) is 0.632. The van der Waals surface area contributed by atoms with Crippen LogP contribution >= 0.6 is 0 Å². The number of carbonyl (C=O) groups excluding carboxylic acids is 1. The number of rotatable bonds is 5. The molecule has 2 fully saturated rings. The number of sulfonamides is 1. The van der Waals surface area contributed by atoms with Crippen LogP contribution in [0.1, 0.15) is 24.8 Å². The standard InChI is InChI=1S/C19H29N3O3S/c1-15-4-3-5-18(12-15)21-9-6-16(14-21)13-20-19(23)17-7-10-22(11-8-17)26(2,24)25/h3-5,12,16-17H,6-11,13-14H2,1-2H3,(H,20,23). The lowest BCUT2D eigenvalue weighted by Gasteiger charge is -2.29. The fourth-order valence-corrected chi connectivity index (χ4v) is 4.77. The maximum Gasteiger partial charge on any atom is 0.223 e. The van der Waals surface area contributed by atoms with Crippen molar-refractivity contribution in [2.24, 2.45) is 11.8 Å². The molecule has 26 heavy (non-hydrogen) atoms. The van der Waals surface area contributed by atoms with Crippen LogP contribution in [0.5, 0.6) is 0 Å². The van der Waals surface area contributed by atoms with Crippen LogP contribution in [0.4, 0.5) is 5.69 Å². The van der Waals surface area contributed by atoms with E-state index in [-0.39, 0.29) is 11.8 Å². The first kappa shape index (κ1) is 19.2. The van der Waals surface area contributed by atoms with Gasteiger partial charge >= 0.3 is 0 Å². The molecule has 3 rings (SSSR count). The summed E-state index contributed by atoms with van der Waals surface area (Å²) in [7, 11) is -3.14. The van der Waals surface area contributed by atoms with E-state index in [1.54, 1.807) is 0 Å². The quantitative estimate of drug-likeness (QED) is 0.844. The highest BCUT2D eigenvalue weighted by Crippen LogP contribution is 2.24. The van der Waals surface area contributed by atoms with Crippen LogP contribution in [0, 0.1) is 18.8 Å². The highest BCUT2D eigenvalue weighted by molar-refractivity contribution is 7.88. The van der Waals surface area contributed by atoms with E-state index in [2.05, 4.69) is 41.4 Å². The van der Waals surface area contributed by atoms with Gasteiger partial charge < -0.3 is 10.2 Å². The van der Waals surface area contributed by atoms with Gasteiger partial charge in [-0.3, -0.25) is 4.79 Å². The highest BCUT2D eigenvalue weighted by atomic mass is 32.2. The summed E-state index contributed by atoms with van der Waals surface area (Å²) in [6.45, 7) is 5.69. The number of nitrogens with one attached hydrogen (secondary N) is 1. The summed E-state index contributed by atoms with van der Waals surface area (Å²) in [4.78, 5) is 14.8. The molecule has 1 atom stereocenters. The zero-order valence-electron chi connectivity index (χ0n) is 15.6. The second-order valence-electron chi connectivity index (χ2n) is 7.62. The van der Waals surface area contributed by atoms with Gasteiger partial charge in [0.2, 0.25) is 15.9 Å². The van der Waals surface area contributed by atoms with E-state index in [9.17, 15) is 13.2 Å². The monoisotopic (exact) mass is 379 g/mol. The second kappa shape index (κ2) is 7.96. The summed E-state index contributed by atoms with van der Waals surface area (Å²) in [6.07, 6.45) is 3.53. The van der Waals surface area contributed by atoms with Gasteiger partial charge in [-0.2, -0.15) is 0 Å². The van der Waals surface area contributed by atoms with Gasteiger partial charge in [-0.25, -0.2) is 12.7 Å². The van der Waals surface area contributed by atoms with Crippen LogP contribution in [0.15, 0.2) is 24.3 Å². The molecule has 144 valence electrons. The van der Waals surface area contributed by atoms with Gasteiger partial charge in [0.1, 0.15) is 0 Å². The van der Waals surface area contributed by atoms with Gasteiger partial charge in [-0.1, -0.05) is 12.1 Å². The Kier molecular flexibility index (Phi) is 5.87. The smallest absolute Gasteiger partial charge is 0.223 e. The number of hydrogen-bond donors (Lipinski definition) is 1. The molecule has 1 N–H and O–H groups in total. The lowest BCUT2D eigenvalue weighted by molar-refractivity contribution is -0.126. The van der Waals surface area contributed by atoms with E-state index in [0.29, 0.717) is 38.4 Å². The fourth-order valence-electron chi connectivity index (χ4n) is 3.90. The average Bonchev–Trinajstić information content (AvgIpc) is 3.08. The second-order valence-corrected chi connectivity index (χ2v) is 9.60. The number of piperidine rings is 1. The number of amides is 1. The molecule has 2 saturated heterocycles. The van der Waals surface area contributed by atoms with Crippen LogP contribution in [0.3, 0.4) is 0 Å². The van der Waals surface area contributed by atoms with E-state index in [4.69, 9.17) is 0 Å². The first-order valence-corrected chi connectivity index (χ1v) is 11.2. The summed E-state index contributed by atoms with van der Waals surface area (Å²) in [5.41, 5.74) is 2.52. The van der Waals surface area contributed by atoms with E-state index in [1.807, 2.05) is 0 Å². The maximum atomic E-state index is 12.4. The lowest BCUT2D eigenvalue weighted by Crippen LogP contribution is -2.43. The van der Waals surface area contributed by atoms with Gasteiger partial charge in [0, 0.05) is 44.3 Å².